The van der Waals surface area contributed by atoms with Gasteiger partial charge in [0.25, 0.3) is 0 Å². The number of carbonyl (C=O) groups excluding carboxylic acids is 2. The summed E-state index contributed by atoms with van der Waals surface area (Å²) in [5.74, 6) is -0.173. The van der Waals surface area contributed by atoms with Crippen molar-refractivity contribution in [2.75, 3.05) is 20.2 Å². The molecule has 0 spiro atoms. The second-order valence-corrected chi connectivity index (χ2v) is 15.0. The number of nitrogens with zero attached hydrogens (tertiary/aromatic N) is 1. The van der Waals surface area contributed by atoms with Crippen LogP contribution in [0.5, 0.6) is 0 Å². The molecule has 0 aliphatic carbocycles. The molecule has 1 aliphatic rings. The van der Waals surface area contributed by atoms with Gasteiger partial charge in [0.1, 0.15) is 24.4 Å². The van der Waals surface area contributed by atoms with Gasteiger partial charge < -0.3 is 35.6 Å². The van der Waals surface area contributed by atoms with Crippen molar-refractivity contribution in [2.24, 2.45) is 11.7 Å². The summed E-state index contributed by atoms with van der Waals surface area (Å²) < 4.78 is 11.6. The van der Waals surface area contributed by atoms with Gasteiger partial charge in [0.2, 0.25) is 11.8 Å². The average molecular weight is 704 g/mol. The van der Waals surface area contributed by atoms with E-state index in [1.54, 1.807) is 4.90 Å². The number of methoxy groups -OCH3 is 1. The molecule has 0 radical (unpaired) electrons. The van der Waals surface area contributed by atoms with Crippen LogP contribution in [0.1, 0.15) is 148 Å². The van der Waals surface area contributed by atoms with Gasteiger partial charge in [-0.25, -0.2) is 0 Å². The highest BCUT2D eigenvalue weighted by atomic mass is 16.7. The fourth-order valence-electron chi connectivity index (χ4n) is 6.94. The minimum atomic E-state index is -1.35. The normalized spacial score (nSPS) is 21.3. The molecule has 0 bridgehead atoms. The molecule has 1 aliphatic heterocycles. The molecule has 0 unspecified atom stereocenters. The van der Waals surface area contributed by atoms with Crippen LogP contribution in [0.2, 0.25) is 0 Å². The van der Waals surface area contributed by atoms with Crippen LogP contribution in [0.15, 0.2) is 30.3 Å². The Kier molecular flexibility index (Phi) is 23.6. The molecule has 0 aromatic heterocycles. The van der Waals surface area contributed by atoms with Gasteiger partial charge in [-0.3, -0.25) is 9.59 Å². The van der Waals surface area contributed by atoms with E-state index in [0.29, 0.717) is 19.4 Å². The number of amides is 2. The van der Waals surface area contributed by atoms with Crippen molar-refractivity contribution in [1.29, 1.82) is 0 Å². The lowest BCUT2D eigenvalue weighted by atomic mass is 9.95. The second-order valence-electron chi connectivity index (χ2n) is 15.0. The smallest absolute Gasteiger partial charge is 0.237 e. The fourth-order valence-corrected chi connectivity index (χ4v) is 6.94. The highest BCUT2D eigenvalue weighted by Gasteiger charge is 2.46. The van der Waals surface area contributed by atoms with Gasteiger partial charge in [-0.2, -0.15) is 0 Å². The summed E-state index contributed by atoms with van der Waals surface area (Å²) in [4.78, 5) is 28.1. The predicted molar refractivity (Wildman–Crippen MR) is 203 cm³/mol. The number of aliphatic hydroxyl groups is 2. The molecular weight excluding hydrogens is 630 g/mol. The third kappa shape index (κ3) is 17.9. The Hall–Kier alpha value is -2.04. The third-order valence-electron chi connectivity index (χ3n) is 10.0. The van der Waals surface area contributed by atoms with Crippen molar-refractivity contribution in [3.63, 3.8) is 0 Å². The summed E-state index contributed by atoms with van der Waals surface area (Å²) in [6, 6.07) is 8.57. The Morgan fingerprint density at radius 2 is 1.40 bits per heavy atom. The number of benzene rings is 1. The van der Waals surface area contributed by atoms with Crippen molar-refractivity contribution < 1.29 is 29.3 Å². The minimum absolute atomic E-state index is 0.0359. The Morgan fingerprint density at radius 3 is 1.94 bits per heavy atom. The quantitative estimate of drug-likeness (QED) is 0.0688. The molecule has 6 atom stereocenters. The topological polar surface area (TPSA) is 134 Å². The average Bonchev–Trinajstić information content (AvgIpc) is 3.10. The van der Waals surface area contributed by atoms with Crippen LogP contribution in [0.3, 0.4) is 0 Å². The standard InChI is InChI=1S/C41H73N3O6/c1-5-6-7-8-9-10-11-12-13-14-15-16-17-18-22-28-36(45)44(29-24-23-27-33-25-20-19-21-26-33)31-35-38(46)39(47)37(41(49-4)50-35)43-40(48)34(42)30-32(2)3/h19-21,25-26,32,34-35,37-39,41,46-47H,5-18,22-24,27-31,42H2,1-4H3,(H,43,48)/t34-,35+,37+,38+,39+,41-/m0/s1. The van der Waals surface area contributed by atoms with Crippen LogP contribution < -0.4 is 11.1 Å². The van der Waals surface area contributed by atoms with Crippen LogP contribution in [-0.2, 0) is 25.5 Å². The van der Waals surface area contributed by atoms with Crippen LogP contribution in [0.4, 0.5) is 0 Å². The Labute approximate surface area is 304 Å². The van der Waals surface area contributed by atoms with E-state index in [9.17, 15) is 19.8 Å². The summed E-state index contributed by atoms with van der Waals surface area (Å²) in [7, 11) is 1.43. The fraction of sp³-hybridized carbons (Fsp3) is 0.805. The Morgan fingerprint density at radius 1 is 0.840 bits per heavy atom. The van der Waals surface area contributed by atoms with E-state index >= 15 is 0 Å². The zero-order chi connectivity index (χ0) is 36.6. The maximum absolute atomic E-state index is 13.6. The third-order valence-corrected chi connectivity index (χ3v) is 10.0. The molecule has 1 saturated heterocycles. The van der Waals surface area contributed by atoms with E-state index in [1.807, 2.05) is 32.0 Å². The van der Waals surface area contributed by atoms with Gasteiger partial charge in [0.05, 0.1) is 6.04 Å². The summed E-state index contributed by atoms with van der Waals surface area (Å²) >= 11 is 0. The molecule has 1 fully saturated rings. The summed E-state index contributed by atoms with van der Waals surface area (Å²) in [6.07, 6.45) is 18.1. The number of hydrogen-bond acceptors (Lipinski definition) is 7. The summed E-state index contributed by atoms with van der Waals surface area (Å²) in [5, 5.41) is 25.0. The van der Waals surface area contributed by atoms with Crippen LogP contribution >= 0.6 is 0 Å². The molecular formula is C41H73N3O6. The van der Waals surface area contributed by atoms with E-state index < -0.39 is 42.6 Å². The highest BCUT2D eigenvalue weighted by molar-refractivity contribution is 5.81. The largest absolute Gasteiger partial charge is 0.388 e. The molecule has 1 heterocycles. The number of nitrogens with one attached hydrogen (secondary N) is 1. The van der Waals surface area contributed by atoms with Gasteiger partial charge >= 0.3 is 0 Å². The van der Waals surface area contributed by atoms with E-state index in [4.69, 9.17) is 15.2 Å². The maximum Gasteiger partial charge on any atom is 0.237 e. The molecule has 9 nitrogen and oxygen atoms in total. The second kappa shape index (κ2) is 26.7. The molecule has 0 saturated carbocycles. The Bertz CT molecular complexity index is 1010. The number of rotatable bonds is 28. The van der Waals surface area contributed by atoms with Crippen molar-refractivity contribution in [3.05, 3.63) is 35.9 Å². The first kappa shape index (κ1) is 44.1. The van der Waals surface area contributed by atoms with Gasteiger partial charge in [0.15, 0.2) is 6.29 Å². The van der Waals surface area contributed by atoms with Crippen molar-refractivity contribution >= 4 is 11.8 Å². The molecule has 1 aromatic carbocycles. The number of carbonyl (C=O) groups is 2. The van der Waals surface area contributed by atoms with Gasteiger partial charge in [-0.05, 0) is 43.6 Å². The first-order chi connectivity index (χ1) is 24.2. The molecule has 1 aromatic rings. The van der Waals surface area contributed by atoms with E-state index in [2.05, 4.69) is 24.4 Å². The highest BCUT2D eigenvalue weighted by Crippen LogP contribution is 2.24. The minimum Gasteiger partial charge on any atom is -0.388 e. The van der Waals surface area contributed by atoms with E-state index in [0.717, 1.165) is 38.5 Å². The number of nitrogens with two attached hydrogens (primary N) is 1. The van der Waals surface area contributed by atoms with Gasteiger partial charge in [-0.15, -0.1) is 0 Å². The molecule has 2 amide bonds. The first-order valence-corrected chi connectivity index (χ1v) is 20.1. The first-order valence-electron chi connectivity index (χ1n) is 20.1. The zero-order valence-corrected chi connectivity index (χ0v) is 32.0. The Balaban J connectivity index is 1.83. The number of aliphatic hydroxyl groups excluding tert-OH is 2. The molecule has 9 heteroatoms. The summed E-state index contributed by atoms with van der Waals surface area (Å²) in [6.45, 7) is 6.89. The number of aryl methyl sites for hydroxylation is 1. The SMILES string of the molecule is CCCCCCCCCCCCCCCCCC(=O)N(CCCCc1ccccc1)C[C@H]1O[C@H](OC)[C@H](NC(=O)[C@@H](N)CC(C)C)[C@@H](O)[C@@H]1O. The van der Waals surface area contributed by atoms with Crippen LogP contribution in [0, 0.1) is 5.92 Å². The number of unbranched alkanes of at least 4 members (excludes halogenated alkanes) is 15. The molecule has 288 valence electrons. The summed E-state index contributed by atoms with van der Waals surface area (Å²) in [5.41, 5.74) is 7.32. The molecule has 5 N–H and O–H groups in total. The lowest BCUT2D eigenvalue weighted by molar-refractivity contribution is -0.259. The number of hydrogen-bond donors (Lipinski definition) is 4. The molecule has 50 heavy (non-hydrogen) atoms. The van der Waals surface area contributed by atoms with E-state index in [1.165, 1.54) is 89.7 Å². The predicted octanol–water partition coefficient (Wildman–Crippen LogP) is 7.05. The van der Waals surface area contributed by atoms with Gasteiger partial charge in [-0.1, -0.05) is 141 Å². The molecule has 2 rings (SSSR count). The lowest BCUT2D eigenvalue weighted by Gasteiger charge is -2.44. The van der Waals surface area contributed by atoms with Crippen LogP contribution in [0.25, 0.3) is 0 Å². The lowest BCUT2D eigenvalue weighted by Crippen LogP contribution is -2.66. The van der Waals surface area contributed by atoms with Crippen molar-refractivity contribution in [3.8, 4) is 0 Å². The van der Waals surface area contributed by atoms with E-state index in [-0.39, 0.29) is 18.4 Å². The number of ether oxygens (including phenoxy) is 2. The van der Waals surface area contributed by atoms with Gasteiger partial charge in [0, 0.05) is 26.6 Å². The van der Waals surface area contributed by atoms with Crippen molar-refractivity contribution in [2.45, 2.75) is 186 Å². The zero-order valence-electron chi connectivity index (χ0n) is 32.0. The monoisotopic (exact) mass is 704 g/mol. The van der Waals surface area contributed by atoms with Crippen LogP contribution in [-0.4, -0.2) is 83.8 Å². The maximum atomic E-state index is 13.6. The van der Waals surface area contributed by atoms with Crippen molar-refractivity contribution in [1.82, 2.24) is 10.2 Å².